The highest BCUT2D eigenvalue weighted by Gasteiger charge is 2.38. The fourth-order valence-electron chi connectivity index (χ4n) is 2.27. The molecule has 4 nitrogen and oxygen atoms in total. The van der Waals surface area contributed by atoms with Crippen LogP contribution < -0.4 is 0 Å². The van der Waals surface area contributed by atoms with Crippen LogP contribution in [0.1, 0.15) is 23.6 Å². The van der Waals surface area contributed by atoms with Crippen LogP contribution in [0.4, 0.5) is 0 Å². The molecule has 0 atom stereocenters. The van der Waals surface area contributed by atoms with Crippen molar-refractivity contribution in [2.45, 2.75) is 20.8 Å². The van der Waals surface area contributed by atoms with Gasteiger partial charge in [0.25, 0.3) is 11.8 Å². The summed E-state index contributed by atoms with van der Waals surface area (Å²) in [6, 6.07) is 5.77. The SMILES string of the molecule is CCN1C(=O)C(SCCO)=C(c2ccc(C)c(C)c2)C1=O. The summed E-state index contributed by atoms with van der Waals surface area (Å²) in [6.45, 7) is 6.11. The lowest BCUT2D eigenvalue weighted by molar-refractivity contribution is -0.136. The molecule has 0 aliphatic carbocycles. The monoisotopic (exact) mass is 305 g/mol. The van der Waals surface area contributed by atoms with Crippen LogP contribution in [0, 0.1) is 13.8 Å². The fraction of sp³-hybridized carbons (Fsp3) is 0.375. The minimum Gasteiger partial charge on any atom is -0.396 e. The Morgan fingerprint density at radius 3 is 2.43 bits per heavy atom. The van der Waals surface area contributed by atoms with E-state index in [1.807, 2.05) is 32.0 Å². The highest BCUT2D eigenvalue weighted by atomic mass is 32.2. The molecule has 0 aromatic heterocycles. The van der Waals surface area contributed by atoms with E-state index in [0.29, 0.717) is 22.8 Å². The average Bonchev–Trinajstić information content (AvgIpc) is 2.70. The molecule has 1 aromatic rings. The summed E-state index contributed by atoms with van der Waals surface area (Å²) in [6.07, 6.45) is 0. The second-order valence-corrected chi connectivity index (χ2v) is 6.03. The normalized spacial score (nSPS) is 15.3. The number of imide groups is 1. The van der Waals surface area contributed by atoms with Gasteiger partial charge < -0.3 is 5.11 Å². The van der Waals surface area contributed by atoms with Gasteiger partial charge >= 0.3 is 0 Å². The number of hydrogen-bond donors (Lipinski definition) is 1. The van der Waals surface area contributed by atoms with Gasteiger partial charge in [-0.15, -0.1) is 11.8 Å². The first-order chi connectivity index (χ1) is 10.0. The molecule has 2 amide bonds. The smallest absolute Gasteiger partial charge is 0.267 e. The Balaban J connectivity index is 2.52. The first kappa shape index (κ1) is 15.8. The number of benzene rings is 1. The molecule has 2 rings (SSSR count). The molecule has 5 heteroatoms. The van der Waals surface area contributed by atoms with Gasteiger partial charge in [0.15, 0.2) is 0 Å². The molecular formula is C16H19NO3S. The lowest BCUT2D eigenvalue weighted by Crippen LogP contribution is -2.31. The van der Waals surface area contributed by atoms with Crippen molar-refractivity contribution in [1.29, 1.82) is 0 Å². The Hall–Kier alpha value is -1.59. The minimum absolute atomic E-state index is 0.0258. The van der Waals surface area contributed by atoms with Crippen molar-refractivity contribution >= 4 is 29.1 Å². The van der Waals surface area contributed by atoms with Crippen molar-refractivity contribution in [2.75, 3.05) is 18.9 Å². The predicted molar refractivity (Wildman–Crippen MR) is 84.8 cm³/mol. The van der Waals surface area contributed by atoms with Gasteiger partial charge in [0, 0.05) is 12.3 Å². The van der Waals surface area contributed by atoms with Crippen LogP contribution in [0.2, 0.25) is 0 Å². The van der Waals surface area contributed by atoms with Crippen LogP contribution in [0.25, 0.3) is 5.57 Å². The lowest BCUT2D eigenvalue weighted by Gasteiger charge is -2.11. The Morgan fingerprint density at radius 2 is 1.86 bits per heavy atom. The van der Waals surface area contributed by atoms with E-state index < -0.39 is 0 Å². The third-order valence-electron chi connectivity index (χ3n) is 3.57. The molecule has 21 heavy (non-hydrogen) atoms. The highest BCUT2D eigenvalue weighted by molar-refractivity contribution is 8.04. The van der Waals surface area contributed by atoms with E-state index in [1.165, 1.54) is 16.7 Å². The van der Waals surface area contributed by atoms with E-state index in [4.69, 9.17) is 5.11 Å². The number of carbonyl (C=O) groups excluding carboxylic acids is 2. The molecule has 0 saturated carbocycles. The Kier molecular flexibility index (Phi) is 4.85. The number of aryl methyl sites for hydroxylation is 2. The quantitative estimate of drug-likeness (QED) is 0.847. The summed E-state index contributed by atoms with van der Waals surface area (Å²) in [5.41, 5.74) is 3.46. The predicted octanol–water partition coefficient (Wildman–Crippen LogP) is 2.13. The van der Waals surface area contributed by atoms with Crippen molar-refractivity contribution in [2.24, 2.45) is 0 Å². The van der Waals surface area contributed by atoms with Crippen LogP contribution >= 0.6 is 11.8 Å². The molecule has 1 aliphatic heterocycles. The molecule has 0 radical (unpaired) electrons. The zero-order valence-corrected chi connectivity index (χ0v) is 13.3. The summed E-state index contributed by atoms with van der Waals surface area (Å²) in [7, 11) is 0. The van der Waals surface area contributed by atoms with Crippen molar-refractivity contribution in [3.05, 3.63) is 39.8 Å². The average molecular weight is 305 g/mol. The lowest BCUT2D eigenvalue weighted by atomic mass is 10.0. The molecule has 0 spiro atoms. The number of hydrogen-bond acceptors (Lipinski definition) is 4. The summed E-state index contributed by atoms with van der Waals surface area (Å²) in [4.78, 5) is 26.5. The largest absolute Gasteiger partial charge is 0.396 e. The molecule has 0 saturated heterocycles. The molecule has 0 fully saturated rings. The van der Waals surface area contributed by atoms with Gasteiger partial charge in [-0.3, -0.25) is 14.5 Å². The van der Waals surface area contributed by atoms with E-state index in [1.54, 1.807) is 6.92 Å². The highest BCUT2D eigenvalue weighted by Crippen LogP contribution is 2.36. The Labute approximate surface area is 128 Å². The van der Waals surface area contributed by atoms with E-state index >= 15 is 0 Å². The van der Waals surface area contributed by atoms with Crippen molar-refractivity contribution in [3.63, 3.8) is 0 Å². The van der Waals surface area contributed by atoms with E-state index in [0.717, 1.165) is 16.7 Å². The van der Waals surface area contributed by atoms with E-state index in [9.17, 15) is 9.59 Å². The van der Waals surface area contributed by atoms with Crippen LogP contribution in [0.5, 0.6) is 0 Å². The Bertz CT molecular complexity index is 622. The molecule has 0 unspecified atom stereocenters. The van der Waals surface area contributed by atoms with Gasteiger partial charge in [-0.25, -0.2) is 0 Å². The molecule has 1 heterocycles. The van der Waals surface area contributed by atoms with Crippen LogP contribution in [-0.2, 0) is 9.59 Å². The van der Waals surface area contributed by atoms with Crippen LogP contribution in [0.15, 0.2) is 23.1 Å². The molecule has 112 valence electrons. The van der Waals surface area contributed by atoms with E-state index in [2.05, 4.69) is 0 Å². The molecule has 1 N–H and O–H groups in total. The molecule has 1 aliphatic rings. The van der Waals surface area contributed by atoms with Gasteiger partial charge in [0.1, 0.15) is 0 Å². The van der Waals surface area contributed by atoms with Crippen molar-refractivity contribution in [1.82, 2.24) is 4.90 Å². The van der Waals surface area contributed by atoms with Crippen molar-refractivity contribution in [3.8, 4) is 0 Å². The first-order valence-electron chi connectivity index (χ1n) is 6.93. The third-order valence-corrected chi connectivity index (χ3v) is 4.63. The maximum atomic E-state index is 12.5. The van der Waals surface area contributed by atoms with Gasteiger partial charge in [-0.05, 0) is 37.5 Å². The van der Waals surface area contributed by atoms with Crippen LogP contribution in [0.3, 0.4) is 0 Å². The maximum absolute atomic E-state index is 12.5. The number of carbonyl (C=O) groups is 2. The zero-order valence-electron chi connectivity index (χ0n) is 12.5. The summed E-state index contributed by atoms with van der Waals surface area (Å²) < 4.78 is 0. The standard InChI is InChI=1S/C16H19NO3S/c1-4-17-15(19)13(14(16(17)20)21-8-7-18)12-6-5-10(2)11(3)9-12/h5-6,9,18H,4,7-8H2,1-3H3. The second kappa shape index (κ2) is 6.45. The number of thioether (sulfide) groups is 1. The molecule has 0 bridgehead atoms. The third kappa shape index (κ3) is 2.89. The van der Waals surface area contributed by atoms with E-state index in [-0.39, 0.29) is 18.4 Å². The number of likely N-dealkylation sites (N-methyl/N-ethyl adjacent to an activating group) is 1. The number of nitrogens with zero attached hydrogens (tertiary/aromatic N) is 1. The number of aliphatic hydroxyl groups is 1. The van der Waals surface area contributed by atoms with Gasteiger partial charge in [0.05, 0.1) is 17.1 Å². The summed E-state index contributed by atoms with van der Waals surface area (Å²) in [5.74, 6) is -0.0966. The van der Waals surface area contributed by atoms with Crippen LogP contribution in [-0.4, -0.2) is 40.7 Å². The topological polar surface area (TPSA) is 57.6 Å². The number of rotatable bonds is 5. The van der Waals surface area contributed by atoms with Crippen molar-refractivity contribution < 1.29 is 14.7 Å². The summed E-state index contributed by atoms with van der Waals surface area (Å²) in [5, 5.41) is 8.99. The van der Waals surface area contributed by atoms with Gasteiger partial charge in [-0.2, -0.15) is 0 Å². The summed E-state index contributed by atoms with van der Waals surface area (Å²) >= 11 is 1.25. The minimum atomic E-state index is -0.255. The first-order valence-corrected chi connectivity index (χ1v) is 7.91. The molecular weight excluding hydrogens is 286 g/mol. The number of amides is 2. The number of aliphatic hydroxyl groups excluding tert-OH is 1. The van der Waals surface area contributed by atoms with Gasteiger partial charge in [-0.1, -0.05) is 18.2 Å². The fourth-order valence-corrected chi connectivity index (χ4v) is 3.15. The zero-order chi connectivity index (χ0) is 15.6. The maximum Gasteiger partial charge on any atom is 0.267 e. The van der Waals surface area contributed by atoms with Gasteiger partial charge in [0.2, 0.25) is 0 Å². The Morgan fingerprint density at radius 1 is 1.14 bits per heavy atom. The molecule has 1 aromatic carbocycles. The second-order valence-electron chi connectivity index (χ2n) is 4.93.